The van der Waals surface area contributed by atoms with E-state index >= 15 is 0 Å². The number of thiophene rings is 1. The van der Waals surface area contributed by atoms with E-state index in [1.165, 1.54) is 23.5 Å². The highest BCUT2D eigenvalue weighted by Crippen LogP contribution is 2.28. The van der Waals surface area contributed by atoms with Gasteiger partial charge in [0.25, 0.3) is 0 Å². The molecule has 2 aromatic heterocycles. The van der Waals surface area contributed by atoms with Crippen molar-refractivity contribution in [2.45, 2.75) is 52.0 Å². The number of aromatic amines is 1. The molecule has 0 fully saturated rings. The van der Waals surface area contributed by atoms with Gasteiger partial charge >= 0.3 is 0 Å². The molecule has 0 bridgehead atoms. The number of carbonyl (C=O) groups excluding carboxylic acids is 3. The molecule has 1 aliphatic heterocycles. The zero-order valence-corrected chi connectivity index (χ0v) is 18.3. The molecule has 3 aromatic rings. The first kappa shape index (κ1) is 21.4. The van der Waals surface area contributed by atoms with Gasteiger partial charge in [0.15, 0.2) is 5.78 Å². The molecule has 0 saturated carbocycles. The Morgan fingerprint density at radius 3 is 2.68 bits per heavy atom. The number of hydrogen-bond acceptors (Lipinski definition) is 4. The molecule has 3 heterocycles. The quantitative estimate of drug-likeness (QED) is 0.528. The number of nitrogens with zero attached hydrogens (tertiary/aromatic N) is 1. The molecule has 0 saturated heterocycles. The van der Waals surface area contributed by atoms with Crippen LogP contribution in [-0.4, -0.2) is 33.9 Å². The van der Waals surface area contributed by atoms with Gasteiger partial charge in [-0.15, -0.1) is 11.3 Å². The van der Waals surface area contributed by atoms with Crippen molar-refractivity contribution in [1.29, 1.82) is 0 Å². The van der Waals surface area contributed by atoms with Crippen molar-refractivity contribution < 1.29 is 18.8 Å². The molecule has 31 heavy (non-hydrogen) atoms. The number of aromatic nitrogens is 1. The van der Waals surface area contributed by atoms with Crippen LogP contribution in [0.3, 0.4) is 0 Å². The number of rotatable bonds is 7. The molecule has 162 valence electrons. The lowest BCUT2D eigenvalue weighted by atomic mass is 10.1. The summed E-state index contributed by atoms with van der Waals surface area (Å²) in [4.78, 5) is 44.0. The van der Waals surface area contributed by atoms with Crippen molar-refractivity contribution in [2.75, 3.05) is 6.54 Å². The molecule has 1 N–H and O–H groups in total. The Balaban J connectivity index is 1.32. The smallest absolute Gasteiger partial charge is 0.223 e. The standard InChI is InChI=1S/C24H25FN2O3S/c1-15-4-10-23(31-15)22(29)9-6-17(28)7-11-24(30)27-12-2-3-20-19(14-27)18-13-16(25)5-8-21(18)26-20/h4-5,8,10,13,26H,2-3,6-7,9,11-12,14H2,1H3. The second-order valence-corrected chi connectivity index (χ2v) is 9.35. The lowest BCUT2D eigenvalue weighted by molar-refractivity contribution is -0.133. The van der Waals surface area contributed by atoms with Crippen molar-refractivity contribution in [3.63, 3.8) is 0 Å². The van der Waals surface area contributed by atoms with E-state index in [0.29, 0.717) is 18.0 Å². The number of halogens is 1. The maximum absolute atomic E-state index is 13.7. The van der Waals surface area contributed by atoms with Crippen molar-refractivity contribution in [2.24, 2.45) is 0 Å². The number of hydrogen-bond donors (Lipinski definition) is 1. The maximum Gasteiger partial charge on any atom is 0.223 e. The summed E-state index contributed by atoms with van der Waals surface area (Å²) in [5, 5.41) is 0.813. The molecule has 1 aromatic carbocycles. The summed E-state index contributed by atoms with van der Waals surface area (Å²) < 4.78 is 13.7. The van der Waals surface area contributed by atoms with Gasteiger partial charge in [0.2, 0.25) is 5.91 Å². The Labute approximate surface area is 184 Å². The van der Waals surface area contributed by atoms with Gasteiger partial charge in [-0.3, -0.25) is 14.4 Å². The lowest BCUT2D eigenvalue weighted by Gasteiger charge is -2.20. The van der Waals surface area contributed by atoms with E-state index in [1.54, 1.807) is 17.0 Å². The van der Waals surface area contributed by atoms with E-state index in [1.807, 2.05) is 13.0 Å². The summed E-state index contributed by atoms with van der Waals surface area (Å²) >= 11 is 1.44. The van der Waals surface area contributed by atoms with E-state index < -0.39 is 0 Å². The van der Waals surface area contributed by atoms with Crippen LogP contribution in [0.15, 0.2) is 30.3 Å². The minimum Gasteiger partial charge on any atom is -0.358 e. The predicted octanol–water partition coefficient (Wildman–Crippen LogP) is 4.96. The summed E-state index contributed by atoms with van der Waals surface area (Å²) in [6, 6.07) is 8.35. The van der Waals surface area contributed by atoms with Crippen LogP contribution < -0.4 is 0 Å². The highest BCUT2D eigenvalue weighted by atomic mass is 32.1. The second-order valence-electron chi connectivity index (χ2n) is 8.06. The average Bonchev–Trinajstić information content (AvgIpc) is 3.26. The number of carbonyl (C=O) groups is 3. The molecule has 0 unspecified atom stereocenters. The topological polar surface area (TPSA) is 70.2 Å². The predicted molar refractivity (Wildman–Crippen MR) is 119 cm³/mol. The molecule has 5 nitrogen and oxygen atoms in total. The number of amides is 1. The maximum atomic E-state index is 13.7. The van der Waals surface area contributed by atoms with E-state index in [-0.39, 0.29) is 49.0 Å². The Kier molecular flexibility index (Phi) is 6.32. The number of H-pyrrole nitrogens is 1. The monoisotopic (exact) mass is 440 g/mol. The van der Waals surface area contributed by atoms with Crippen LogP contribution in [0, 0.1) is 12.7 Å². The number of Topliss-reactive ketones (excluding diaryl/α,β-unsaturated/α-hetero) is 2. The summed E-state index contributed by atoms with van der Waals surface area (Å²) in [7, 11) is 0. The van der Waals surface area contributed by atoms with Crippen molar-refractivity contribution in [3.8, 4) is 0 Å². The van der Waals surface area contributed by atoms with Gasteiger partial charge in [-0.25, -0.2) is 4.39 Å². The number of aryl methyl sites for hydroxylation is 2. The number of benzene rings is 1. The Morgan fingerprint density at radius 1 is 1.10 bits per heavy atom. The van der Waals surface area contributed by atoms with Crippen LogP contribution in [0.25, 0.3) is 10.9 Å². The van der Waals surface area contributed by atoms with E-state index in [4.69, 9.17) is 0 Å². The number of fused-ring (bicyclic) bond motifs is 3. The van der Waals surface area contributed by atoms with E-state index in [2.05, 4.69) is 4.98 Å². The Hall–Kier alpha value is -2.80. The number of nitrogens with one attached hydrogen (secondary N) is 1. The summed E-state index contributed by atoms with van der Waals surface area (Å²) in [6.45, 7) is 2.97. The molecule has 0 spiro atoms. The summed E-state index contributed by atoms with van der Waals surface area (Å²) in [6.07, 6.45) is 2.24. The fourth-order valence-corrected chi connectivity index (χ4v) is 4.92. The first-order chi connectivity index (χ1) is 14.9. The first-order valence-electron chi connectivity index (χ1n) is 10.6. The van der Waals surface area contributed by atoms with Crippen LogP contribution in [0.4, 0.5) is 4.39 Å². The molecule has 7 heteroatoms. The molecular formula is C24H25FN2O3S. The molecular weight excluding hydrogens is 415 g/mol. The Morgan fingerprint density at radius 2 is 1.90 bits per heavy atom. The largest absolute Gasteiger partial charge is 0.358 e. The van der Waals surface area contributed by atoms with Crippen molar-refractivity contribution in [1.82, 2.24) is 9.88 Å². The van der Waals surface area contributed by atoms with E-state index in [9.17, 15) is 18.8 Å². The Bertz CT molecular complexity index is 1150. The molecule has 4 rings (SSSR count). The van der Waals surface area contributed by atoms with Gasteiger partial charge in [0.1, 0.15) is 11.6 Å². The fourth-order valence-electron chi connectivity index (χ4n) is 4.09. The average molecular weight is 441 g/mol. The third kappa shape index (κ3) is 4.93. The first-order valence-corrected chi connectivity index (χ1v) is 11.4. The SMILES string of the molecule is Cc1ccc(C(=O)CCC(=O)CCC(=O)N2CCCc3[nH]c4ccc(F)cc4c3C2)s1. The van der Waals surface area contributed by atoms with Gasteiger partial charge in [-0.2, -0.15) is 0 Å². The summed E-state index contributed by atoms with van der Waals surface area (Å²) in [5.41, 5.74) is 2.89. The summed E-state index contributed by atoms with van der Waals surface area (Å²) in [5.74, 6) is -0.467. The van der Waals surface area contributed by atoms with Crippen LogP contribution in [-0.2, 0) is 22.6 Å². The normalized spacial score (nSPS) is 13.8. The van der Waals surface area contributed by atoms with Crippen LogP contribution in [0.1, 0.15) is 57.9 Å². The van der Waals surface area contributed by atoms with E-state index in [0.717, 1.165) is 39.9 Å². The van der Waals surface area contributed by atoms with Gasteiger partial charge in [-0.05, 0) is 50.1 Å². The lowest BCUT2D eigenvalue weighted by Crippen LogP contribution is -2.30. The molecule has 1 amide bonds. The minimum atomic E-state index is -0.297. The fraction of sp³-hybridized carbons (Fsp3) is 0.375. The van der Waals surface area contributed by atoms with Crippen molar-refractivity contribution in [3.05, 3.63) is 57.2 Å². The van der Waals surface area contributed by atoms with Gasteiger partial charge in [-0.1, -0.05) is 0 Å². The molecule has 0 atom stereocenters. The molecule has 0 radical (unpaired) electrons. The highest BCUT2D eigenvalue weighted by molar-refractivity contribution is 7.14. The molecule has 0 aliphatic carbocycles. The van der Waals surface area contributed by atoms with Crippen LogP contribution in [0.2, 0.25) is 0 Å². The van der Waals surface area contributed by atoms with Crippen LogP contribution in [0.5, 0.6) is 0 Å². The number of ketones is 2. The van der Waals surface area contributed by atoms with Gasteiger partial charge < -0.3 is 9.88 Å². The van der Waals surface area contributed by atoms with Gasteiger partial charge in [0.05, 0.1) is 4.88 Å². The van der Waals surface area contributed by atoms with Gasteiger partial charge in [0, 0.05) is 65.8 Å². The third-order valence-electron chi connectivity index (χ3n) is 5.78. The minimum absolute atomic E-state index is 0.0237. The van der Waals surface area contributed by atoms with Crippen molar-refractivity contribution >= 4 is 39.7 Å². The third-order valence-corrected chi connectivity index (χ3v) is 6.82. The van der Waals surface area contributed by atoms with Crippen LogP contribution >= 0.6 is 11.3 Å². The molecule has 1 aliphatic rings. The zero-order chi connectivity index (χ0) is 22.0. The highest BCUT2D eigenvalue weighted by Gasteiger charge is 2.23. The zero-order valence-electron chi connectivity index (χ0n) is 17.5. The second kappa shape index (κ2) is 9.14.